The third-order valence-corrected chi connectivity index (χ3v) is 5.25. The Morgan fingerprint density at radius 2 is 1.82 bits per heavy atom. The summed E-state index contributed by atoms with van der Waals surface area (Å²) in [5.74, 6) is -0.248. The average molecular weight is 487 g/mol. The smallest absolute Gasteiger partial charge is 0.412 e. The number of aromatic nitrogens is 1. The minimum atomic E-state index is -4.48. The van der Waals surface area contributed by atoms with Crippen molar-refractivity contribution in [1.82, 2.24) is 9.88 Å². The van der Waals surface area contributed by atoms with Gasteiger partial charge in [0, 0.05) is 43.5 Å². The van der Waals surface area contributed by atoms with Crippen LogP contribution in [0.15, 0.2) is 35.6 Å². The first-order chi connectivity index (χ1) is 15.3. The maximum absolute atomic E-state index is 13.0. The first kappa shape index (κ1) is 24.9. The number of alkyl halides is 3. The molecule has 0 saturated carbocycles. The summed E-state index contributed by atoms with van der Waals surface area (Å²) < 4.78 is 44.5. The van der Waals surface area contributed by atoms with E-state index < -0.39 is 29.4 Å². The fourth-order valence-electron chi connectivity index (χ4n) is 3.48. The Hall–Kier alpha value is -2.75. The van der Waals surface area contributed by atoms with Crippen LogP contribution < -0.4 is 10.2 Å². The zero-order valence-electron chi connectivity index (χ0n) is 18.6. The molecule has 3 rings (SSSR count). The second-order valence-electron chi connectivity index (χ2n) is 8.80. The lowest BCUT2D eigenvalue weighted by Crippen LogP contribution is -2.50. The molecule has 0 atom stereocenters. The fraction of sp³-hybridized carbons (Fsp3) is 0.500. The van der Waals surface area contributed by atoms with E-state index in [0.717, 1.165) is 6.08 Å². The molecule has 2 aliphatic rings. The maximum Gasteiger partial charge on any atom is 0.412 e. The molecule has 7 nitrogen and oxygen atoms in total. The molecule has 2 heterocycles. The van der Waals surface area contributed by atoms with Gasteiger partial charge in [0.15, 0.2) is 5.82 Å². The van der Waals surface area contributed by atoms with E-state index in [0.29, 0.717) is 32.0 Å². The number of carbonyl (C=O) groups excluding carboxylic acids is 2. The van der Waals surface area contributed by atoms with E-state index in [9.17, 15) is 22.8 Å². The summed E-state index contributed by atoms with van der Waals surface area (Å²) in [4.78, 5) is 32.8. The van der Waals surface area contributed by atoms with E-state index in [1.807, 2.05) is 4.90 Å². The minimum absolute atomic E-state index is 0.0609. The number of hydrogen-bond acceptors (Lipinski definition) is 5. The van der Waals surface area contributed by atoms with Crippen LogP contribution in [-0.4, -0.2) is 59.8 Å². The van der Waals surface area contributed by atoms with Crippen LogP contribution in [0.5, 0.6) is 0 Å². The number of halogens is 4. The predicted molar refractivity (Wildman–Crippen MR) is 119 cm³/mol. The van der Waals surface area contributed by atoms with Gasteiger partial charge < -0.3 is 19.9 Å². The molecule has 1 N–H and O–H groups in total. The van der Waals surface area contributed by atoms with Gasteiger partial charge in [-0.15, -0.1) is 0 Å². The fourth-order valence-corrected chi connectivity index (χ4v) is 3.64. The lowest BCUT2D eigenvalue weighted by atomic mass is 9.98. The summed E-state index contributed by atoms with van der Waals surface area (Å²) in [6.45, 7) is 7.01. The van der Waals surface area contributed by atoms with Gasteiger partial charge in [-0.25, -0.2) is 9.78 Å². The summed E-state index contributed by atoms with van der Waals surface area (Å²) in [6.07, 6.45) is -1.15. The molecule has 1 fully saturated rings. The highest BCUT2D eigenvalue weighted by Crippen LogP contribution is 2.34. The van der Waals surface area contributed by atoms with Crippen molar-refractivity contribution in [2.45, 2.75) is 45.4 Å². The van der Waals surface area contributed by atoms with E-state index in [-0.39, 0.29) is 29.1 Å². The van der Waals surface area contributed by atoms with Crippen molar-refractivity contribution in [2.75, 3.05) is 36.4 Å². The Morgan fingerprint density at radius 1 is 1.15 bits per heavy atom. The van der Waals surface area contributed by atoms with Crippen molar-refractivity contribution in [2.24, 2.45) is 0 Å². The first-order valence-electron chi connectivity index (χ1n) is 10.5. The van der Waals surface area contributed by atoms with Crippen molar-refractivity contribution in [3.63, 3.8) is 0 Å². The molecule has 1 aromatic rings. The topological polar surface area (TPSA) is 74.8 Å². The van der Waals surface area contributed by atoms with Gasteiger partial charge in [-0.3, -0.25) is 4.79 Å². The second-order valence-corrected chi connectivity index (χ2v) is 9.24. The van der Waals surface area contributed by atoms with Gasteiger partial charge >= 0.3 is 12.3 Å². The normalized spacial score (nSPS) is 17.3. The standard InChI is InChI=1S/C22H26ClF3N4O3/c1-21(2,3)33-20(32)30-9-7-29(8-10-30)18-17(12-16(23)13-27-18)28-19(31)14-5-4-6-15(11-14)22(24,25)26/h5,11-13H,4,6-10H2,1-3H3,(H,28,31). The van der Waals surface area contributed by atoms with E-state index in [1.165, 1.54) is 18.3 Å². The number of nitrogens with one attached hydrogen (secondary N) is 1. The number of piperazine rings is 1. The average Bonchev–Trinajstić information content (AvgIpc) is 2.72. The SMILES string of the molecule is CC(C)(C)OC(=O)N1CCN(c2ncc(Cl)cc2NC(=O)C2=CCCC(C(F)(F)F)=C2)CC1. The molecule has 0 radical (unpaired) electrons. The number of amides is 2. The van der Waals surface area contributed by atoms with Gasteiger partial charge in [0.25, 0.3) is 5.91 Å². The van der Waals surface area contributed by atoms with E-state index >= 15 is 0 Å². The van der Waals surface area contributed by atoms with Gasteiger partial charge in [0.1, 0.15) is 5.60 Å². The molecule has 0 bridgehead atoms. The van der Waals surface area contributed by atoms with Crippen LogP contribution in [0.1, 0.15) is 33.6 Å². The van der Waals surface area contributed by atoms with Crippen LogP contribution in [0, 0.1) is 0 Å². The van der Waals surface area contributed by atoms with Crippen molar-refractivity contribution < 1.29 is 27.5 Å². The largest absolute Gasteiger partial charge is 0.444 e. The zero-order chi connectivity index (χ0) is 24.4. The number of hydrogen-bond donors (Lipinski definition) is 1. The molecule has 180 valence electrons. The minimum Gasteiger partial charge on any atom is -0.444 e. The highest BCUT2D eigenvalue weighted by atomic mass is 35.5. The van der Waals surface area contributed by atoms with Crippen LogP contribution in [0.3, 0.4) is 0 Å². The predicted octanol–water partition coefficient (Wildman–Crippen LogP) is 4.94. The molecule has 33 heavy (non-hydrogen) atoms. The van der Waals surface area contributed by atoms with Crippen molar-refractivity contribution in [3.05, 3.63) is 40.6 Å². The van der Waals surface area contributed by atoms with E-state index in [1.54, 1.807) is 25.7 Å². The number of pyridine rings is 1. The molecular weight excluding hydrogens is 461 g/mol. The second kappa shape index (κ2) is 9.62. The number of carbonyl (C=O) groups is 2. The Bertz CT molecular complexity index is 978. The van der Waals surface area contributed by atoms with Crippen LogP contribution >= 0.6 is 11.6 Å². The Balaban J connectivity index is 1.72. The maximum atomic E-state index is 13.0. The van der Waals surface area contributed by atoms with Crippen LogP contribution in [0.4, 0.5) is 29.5 Å². The van der Waals surface area contributed by atoms with Crippen molar-refractivity contribution in [3.8, 4) is 0 Å². The quantitative estimate of drug-likeness (QED) is 0.655. The highest BCUT2D eigenvalue weighted by Gasteiger charge is 2.35. The van der Waals surface area contributed by atoms with Crippen molar-refractivity contribution >= 4 is 35.1 Å². The van der Waals surface area contributed by atoms with E-state index in [4.69, 9.17) is 16.3 Å². The summed E-state index contributed by atoms with van der Waals surface area (Å²) in [5.41, 5.74) is -1.11. The van der Waals surface area contributed by atoms with Gasteiger partial charge in [-0.2, -0.15) is 13.2 Å². The summed E-state index contributed by atoms with van der Waals surface area (Å²) in [5, 5.41) is 2.91. The molecule has 0 spiro atoms. The van der Waals surface area contributed by atoms with Crippen LogP contribution in [-0.2, 0) is 9.53 Å². The molecule has 1 aliphatic heterocycles. The van der Waals surface area contributed by atoms with Gasteiger partial charge in [-0.1, -0.05) is 17.7 Å². The number of nitrogens with zero attached hydrogens (tertiary/aromatic N) is 3. The summed E-state index contributed by atoms with van der Waals surface area (Å²) in [6, 6.07) is 1.50. The van der Waals surface area contributed by atoms with Gasteiger partial charge in [-0.05, 0) is 45.8 Å². The van der Waals surface area contributed by atoms with E-state index in [2.05, 4.69) is 10.3 Å². The Kier molecular flexibility index (Phi) is 7.26. The van der Waals surface area contributed by atoms with Gasteiger partial charge in [0.2, 0.25) is 0 Å². The molecule has 1 aromatic heterocycles. The van der Waals surface area contributed by atoms with Crippen LogP contribution in [0.25, 0.3) is 0 Å². The molecule has 0 aromatic carbocycles. The molecule has 11 heteroatoms. The number of allylic oxidation sites excluding steroid dienone is 2. The third kappa shape index (κ3) is 6.63. The number of anilines is 2. The van der Waals surface area contributed by atoms with Crippen molar-refractivity contribution in [1.29, 1.82) is 0 Å². The molecule has 1 saturated heterocycles. The molecule has 1 aliphatic carbocycles. The summed E-state index contributed by atoms with van der Waals surface area (Å²) in [7, 11) is 0. The number of ether oxygens (including phenoxy) is 1. The van der Waals surface area contributed by atoms with Crippen LogP contribution in [0.2, 0.25) is 5.02 Å². The lowest BCUT2D eigenvalue weighted by Gasteiger charge is -2.36. The molecular formula is C22H26ClF3N4O3. The third-order valence-electron chi connectivity index (χ3n) is 5.05. The number of rotatable bonds is 3. The Labute approximate surface area is 195 Å². The summed E-state index contributed by atoms with van der Waals surface area (Å²) >= 11 is 6.06. The lowest BCUT2D eigenvalue weighted by molar-refractivity contribution is -0.112. The monoisotopic (exact) mass is 486 g/mol. The molecule has 0 unspecified atom stereocenters. The zero-order valence-corrected chi connectivity index (χ0v) is 19.4. The highest BCUT2D eigenvalue weighted by molar-refractivity contribution is 6.31. The first-order valence-corrected chi connectivity index (χ1v) is 10.9. The molecule has 2 amide bonds. The van der Waals surface area contributed by atoms with Gasteiger partial charge in [0.05, 0.1) is 10.7 Å². The Morgan fingerprint density at radius 3 is 2.42 bits per heavy atom.